The summed E-state index contributed by atoms with van der Waals surface area (Å²) in [6.07, 6.45) is 0. The van der Waals surface area contributed by atoms with E-state index in [-0.39, 0.29) is 6.04 Å². The van der Waals surface area contributed by atoms with E-state index in [2.05, 4.69) is 4.98 Å². The summed E-state index contributed by atoms with van der Waals surface area (Å²) in [7, 11) is 1.34. The Balaban J connectivity index is 3.39. The molecule has 0 aliphatic carbocycles. The molecule has 1 aromatic heterocycles. The van der Waals surface area contributed by atoms with Gasteiger partial charge in [0.05, 0.1) is 0 Å². The predicted octanol–water partition coefficient (Wildman–Crippen LogP) is 2.48. The van der Waals surface area contributed by atoms with Gasteiger partial charge in [-0.2, -0.15) is 22.5 Å². The quantitative estimate of drug-likeness (QED) is 0.564. The molecule has 6 heteroatoms. The SMILES string of the molecule is CC(C)N(C)c1c(F)c(F)nc(F)c1F. The first-order valence-corrected chi connectivity index (χ1v) is 4.29. The predicted molar refractivity (Wildman–Crippen MR) is 47.6 cm³/mol. The van der Waals surface area contributed by atoms with E-state index in [1.54, 1.807) is 13.8 Å². The van der Waals surface area contributed by atoms with E-state index < -0.39 is 29.2 Å². The molecular weight excluding hydrogens is 212 g/mol. The number of aromatic nitrogens is 1. The summed E-state index contributed by atoms with van der Waals surface area (Å²) in [5.41, 5.74) is -0.741. The molecule has 2 nitrogen and oxygen atoms in total. The van der Waals surface area contributed by atoms with Crippen LogP contribution in [0.4, 0.5) is 23.2 Å². The van der Waals surface area contributed by atoms with Crippen LogP contribution in [0, 0.1) is 23.5 Å². The number of halogens is 4. The van der Waals surface area contributed by atoms with Crippen LogP contribution >= 0.6 is 0 Å². The first-order valence-electron chi connectivity index (χ1n) is 4.29. The maximum absolute atomic E-state index is 13.2. The standard InChI is InChI=1S/C9H10F4N2/c1-4(2)15(3)7-5(10)8(12)14-9(13)6(7)11/h4H,1-3H3. The Morgan fingerprint density at radius 3 is 1.73 bits per heavy atom. The summed E-state index contributed by atoms with van der Waals surface area (Å²) in [6.45, 7) is 3.27. The minimum atomic E-state index is -1.64. The number of hydrogen-bond donors (Lipinski definition) is 0. The monoisotopic (exact) mass is 222 g/mol. The minimum absolute atomic E-state index is 0.296. The molecule has 0 fully saturated rings. The molecule has 0 amide bonds. The summed E-state index contributed by atoms with van der Waals surface area (Å²) in [4.78, 5) is 3.56. The van der Waals surface area contributed by atoms with Gasteiger partial charge in [-0.3, -0.25) is 0 Å². The zero-order chi connectivity index (χ0) is 11.7. The van der Waals surface area contributed by atoms with Gasteiger partial charge in [0.25, 0.3) is 11.9 Å². The van der Waals surface area contributed by atoms with E-state index in [9.17, 15) is 17.6 Å². The van der Waals surface area contributed by atoms with Gasteiger partial charge < -0.3 is 4.90 Å². The van der Waals surface area contributed by atoms with Gasteiger partial charge in [0, 0.05) is 13.1 Å². The molecule has 0 atom stereocenters. The van der Waals surface area contributed by atoms with Crippen molar-refractivity contribution >= 4 is 5.69 Å². The zero-order valence-corrected chi connectivity index (χ0v) is 8.48. The largest absolute Gasteiger partial charge is 0.367 e. The first-order chi connectivity index (χ1) is 6.86. The molecule has 15 heavy (non-hydrogen) atoms. The zero-order valence-electron chi connectivity index (χ0n) is 8.48. The highest BCUT2D eigenvalue weighted by molar-refractivity contribution is 5.48. The van der Waals surface area contributed by atoms with E-state index in [0.29, 0.717) is 0 Å². The molecule has 0 radical (unpaired) electrons. The summed E-state index contributed by atoms with van der Waals surface area (Å²) < 4.78 is 51.8. The molecule has 0 unspecified atom stereocenters. The molecule has 84 valence electrons. The first kappa shape index (κ1) is 11.7. The van der Waals surface area contributed by atoms with Crippen LogP contribution in [-0.4, -0.2) is 18.1 Å². The van der Waals surface area contributed by atoms with Gasteiger partial charge in [0.15, 0.2) is 0 Å². The molecule has 1 heterocycles. The number of hydrogen-bond acceptors (Lipinski definition) is 2. The van der Waals surface area contributed by atoms with Crippen molar-refractivity contribution in [3.05, 3.63) is 23.5 Å². The van der Waals surface area contributed by atoms with Crippen molar-refractivity contribution in [3.63, 3.8) is 0 Å². The van der Waals surface area contributed by atoms with Crippen LogP contribution in [0.5, 0.6) is 0 Å². The van der Waals surface area contributed by atoms with E-state index in [1.165, 1.54) is 7.05 Å². The minimum Gasteiger partial charge on any atom is -0.367 e. The molecule has 0 aromatic carbocycles. The maximum Gasteiger partial charge on any atom is 0.253 e. The summed E-state index contributed by atoms with van der Waals surface area (Å²) >= 11 is 0. The molecule has 1 aromatic rings. The Morgan fingerprint density at radius 1 is 1.00 bits per heavy atom. The van der Waals surface area contributed by atoms with Crippen LogP contribution in [0.1, 0.15) is 13.8 Å². The number of anilines is 1. The topological polar surface area (TPSA) is 16.1 Å². The van der Waals surface area contributed by atoms with Crippen LogP contribution in [0.25, 0.3) is 0 Å². The van der Waals surface area contributed by atoms with Crippen molar-refractivity contribution < 1.29 is 17.6 Å². The fraction of sp³-hybridized carbons (Fsp3) is 0.444. The lowest BCUT2D eigenvalue weighted by molar-refractivity contribution is 0.405. The summed E-state index contributed by atoms with van der Waals surface area (Å²) in [6, 6.07) is -0.296. The van der Waals surface area contributed by atoms with E-state index in [4.69, 9.17) is 0 Å². The second-order valence-corrected chi connectivity index (χ2v) is 3.37. The number of rotatable bonds is 2. The third-order valence-corrected chi connectivity index (χ3v) is 2.10. The Hall–Kier alpha value is -1.33. The lowest BCUT2D eigenvalue weighted by Gasteiger charge is -2.24. The van der Waals surface area contributed by atoms with Crippen molar-refractivity contribution in [2.45, 2.75) is 19.9 Å². The fourth-order valence-electron chi connectivity index (χ4n) is 1.04. The smallest absolute Gasteiger partial charge is 0.253 e. The Morgan fingerprint density at radius 2 is 1.40 bits per heavy atom. The van der Waals surface area contributed by atoms with Crippen molar-refractivity contribution in [1.29, 1.82) is 0 Å². The Kier molecular flexibility index (Phi) is 3.16. The van der Waals surface area contributed by atoms with Gasteiger partial charge in [0.2, 0.25) is 11.6 Å². The second-order valence-electron chi connectivity index (χ2n) is 3.37. The summed E-state index contributed by atoms with van der Waals surface area (Å²) in [5.74, 6) is -6.25. The van der Waals surface area contributed by atoms with Gasteiger partial charge in [-0.15, -0.1) is 0 Å². The van der Waals surface area contributed by atoms with Crippen LogP contribution in [0.3, 0.4) is 0 Å². The highest BCUT2D eigenvalue weighted by atomic mass is 19.2. The van der Waals surface area contributed by atoms with Crippen LogP contribution in [0.2, 0.25) is 0 Å². The molecule has 0 aliphatic rings. The average Bonchev–Trinajstić information content (AvgIpc) is 2.15. The molecule has 0 spiro atoms. The lowest BCUT2D eigenvalue weighted by Crippen LogP contribution is -2.28. The van der Waals surface area contributed by atoms with Crippen molar-refractivity contribution in [2.24, 2.45) is 0 Å². The molecule has 0 aliphatic heterocycles. The second kappa shape index (κ2) is 4.04. The third kappa shape index (κ3) is 2.03. The van der Waals surface area contributed by atoms with E-state index in [0.717, 1.165) is 4.90 Å². The van der Waals surface area contributed by atoms with E-state index >= 15 is 0 Å². The van der Waals surface area contributed by atoms with Crippen molar-refractivity contribution in [3.8, 4) is 0 Å². The highest BCUT2D eigenvalue weighted by Crippen LogP contribution is 2.26. The molecule has 1 rings (SSSR count). The van der Waals surface area contributed by atoms with Gasteiger partial charge in [-0.1, -0.05) is 0 Å². The normalized spacial score (nSPS) is 10.9. The average molecular weight is 222 g/mol. The van der Waals surface area contributed by atoms with Crippen LogP contribution in [0.15, 0.2) is 0 Å². The molecule has 0 saturated carbocycles. The van der Waals surface area contributed by atoms with Gasteiger partial charge >= 0.3 is 0 Å². The molecule has 0 N–H and O–H groups in total. The third-order valence-electron chi connectivity index (χ3n) is 2.10. The highest BCUT2D eigenvalue weighted by Gasteiger charge is 2.24. The van der Waals surface area contributed by atoms with Crippen LogP contribution < -0.4 is 4.90 Å². The molecular formula is C9H10F4N2. The Bertz CT molecular complexity index is 353. The van der Waals surface area contributed by atoms with Crippen molar-refractivity contribution in [1.82, 2.24) is 4.98 Å². The number of pyridine rings is 1. The van der Waals surface area contributed by atoms with Crippen molar-refractivity contribution in [2.75, 3.05) is 11.9 Å². The van der Waals surface area contributed by atoms with Gasteiger partial charge in [-0.25, -0.2) is 0 Å². The van der Waals surface area contributed by atoms with Crippen LogP contribution in [-0.2, 0) is 0 Å². The molecule has 0 saturated heterocycles. The molecule has 0 bridgehead atoms. The van der Waals surface area contributed by atoms with E-state index in [1.807, 2.05) is 0 Å². The fourth-order valence-corrected chi connectivity index (χ4v) is 1.04. The number of nitrogens with zero attached hydrogens (tertiary/aromatic N) is 2. The summed E-state index contributed by atoms with van der Waals surface area (Å²) in [5, 5.41) is 0. The maximum atomic E-state index is 13.2. The lowest BCUT2D eigenvalue weighted by atomic mass is 10.2. The van der Waals surface area contributed by atoms with Gasteiger partial charge in [-0.05, 0) is 13.8 Å². The Labute approximate surface area is 84.5 Å². The van der Waals surface area contributed by atoms with Gasteiger partial charge in [0.1, 0.15) is 5.69 Å².